The van der Waals surface area contributed by atoms with Gasteiger partial charge < -0.3 is 163 Å². The predicted octanol–water partition coefficient (Wildman–Crippen LogP) is -5.62. The Morgan fingerprint density at radius 3 is 1.62 bits per heavy atom. The van der Waals surface area contributed by atoms with Crippen LogP contribution in [0.3, 0.4) is 0 Å². The van der Waals surface area contributed by atoms with E-state index in [0.717, 1.165) is 5.57 Å². The van der Waals surface area contributed by atoms with Gasteiger partial charge in [0.15, 0.2) is 43.8 Å². The summed E-state index contributed by atoms with van der Waals surface area (Å²) in [5.74, 6) is -1.28. The number of carbonyl (C=O) groups excluding carboxylic acids is 1. The van der Waals surface area contributed by atoms with Gasteiger partial charge in [-0.05, 0) is 117 Å². The average Bonchev–Trinajstić information content (AvgIpc) is 0.674. The van der Waals surface area contributed by atoms with Crippen molar-refractivity contribution in [3.8, 4) is 0 Å². The van der Waals surface area contributed by atoms with E-state index in [4.69, 9.17) is 66.3 Å². The fraction of sp³-hybridized carbons (Fsp3) is 0.957. The van der Waals surface area contributed by atoms with E-state index in [1.165, 1.54) is 13.8 Å². The van der Waals surface area contributed by atoms with Crippen molar-refractivity contribution in [2.24, 2.45) is 50.2 Å². The summed E-state index contributed by atoms with van der Waals surface area (Å²) in [4.78, 5) is 15.9. The first-order valence-corrected chi connectivity index (χ1v) is 36.5. The highest BCUT2D eigenvalue weighted by Gasteiger charge is 2.71. The van der Waals surface area contributed by atoms with Crippen LogP contribution in [0.4, 0.5) is 0 Å². The molecule has 5 aliphatic carbocycles. The van der Waals surface area contributed by atoms with Crippen LogP contribution in [0.25, 0.3) is 0 Å². The fourth-order valence-electron chi connectivity index (χ4n) is 19.9. The second-order valence-corrected chi connectivity index (χ2v) is 33.2. The van der Waals surface area contributed by atoms with Gasteiger partial charge in [-0.1, -0.05) is 53.2 Å². The number of rotatable bonds is 17. The van der Waals surface area contributed by atoms with Gasteiger partial charge in [-0.3, -0.25) is 4.79 Å². The highest BCUT2D eigenvalue weighted by atomic mass is 16.8. The zero-order chi connectivity index (χ0) is 74.9. The third kappa shape index (κ3) is 14.2. The maximum absolute atomic E-state index is 15.9. The predicted molar refractivity (Wildman–Crippen MR) is 341 cm³/mol. The molecule has 0 aromatic carbocycles. The summed E-state index contributed by atoms with van der Waals surface area (Å²) in [6.45, 7) is 12.8. The minimum Gasteiger partial charge on any atom is -0.432 e. The lowest BCUT2D eigenvalue weighted by Crippen LogP contribution is -2.67. The third-order valence-electron chi connectivity index (χ3n) is 26.6. The number of hydrogen-bond acceptors (Lipinski definition) is 34. The molecule has 7 heterocycles. The summed E-state index contributed by atoms with van der Waals surface area (Å²) < 4.78 is 83.8. The van der Waals surface area contributed by atoms with Crippen LogP contribution in [0, 0.1) is 50.2 Å². The minimum absolute atomic E-state index is 0.0189. The maximum atomic E-state index is 15.9. The molecule has 0 aromatic rings. The van der Waals surface area contributed by atoms with Crippen molar-refractivity contribution < 1.29 is 168 Å². The second kappa shape index (κ2) is 30.5. The lowest BCUT2D eigenvalue weighted by molar-refractivity contribution is -0.379. The van der Waals surface area contributed by atoms with E-state index in [1.807, 2.05) is 6.92 Å². The van der Waals surface area contributed by atoms with Gasteiger partial charge in [-0.15, -0.1) is 0 Å². The summed E-state index contributed by atoms with van der Waals surface area (Å²) in [7, 11) is 0. The Kier molecular flexibility index (Phi) is 23.9. The van der Waals surface area contributed by atoms with Gasteiger partial charge in [0.05, 0.1) is 63.4 Å². The van der Waals surface area contributed by atoms with Gasteiger partial charge in [0.2, 0.25) is 6.29 Å². The van der Waals surface area contributed by atoms with Crippen LogP contribution in [0.1, 0.15) is 120 Å². The number of ether oxygens (including phenoxy) is 14. The zero-order valence-corrected chi connectivity index (χ0v) is 59.3. The largest absolute Gasteiger partial charge is 0.432 e. The van der Waals surface area contributed by atoms with Gasteiger partial charge >= 0.3 is 5.97 Å². The molecule has 7 saturated heterocycles. The molecule has 103 heavy (non-hydrogen) atoms. The molecule has 0 spiro atoms. The van der Waals surface area contributed by atoms with Gasteiger partial charge in [-0.25, -0.2) is 0 Å². The molecule has 11 fully saturated rings. The van der Waals surface area contributed by atoms with E-state index < -0.39 is 268 Å². The van der Waals surface area contributed by atoms with Gasteiger partial charge in [0.1, 0.15) is 134 Å². The minimum atomic E-state index is -2.03. The first-order chi connectivity index (χ1) is 48.4. The van der Waals surface area contributed by atoms with Crippen LogP contribution in [0.15, 0.2) is 11.6 Å². The maximum Gasteiger partial charge on any atom is 0.315 e. The van der Waals surface area contributed by atoms with Crippen LogP contribution in [0.5, 0.6) is 0 Å². The Morgan fingerprint density at radius 2 is 0.990 bits per heavy atom. The molecule has 34 heteroatoms. The van der Waals surface area contributed by atoms with E-state index in [1.54, 1.807) is 0 Å². The molecule has 12 aliphatic rings. The summed E-state index contributed by atoms with van der Waals surface area (Å²) in [5, 5.41) is 209. The van der Waals surface area contributed by atoms with Crippen molar-refractivity contribution in [1.82, 2.24) is 0 Å². The van der Waals surface area contributed by atoms with E-state index in [-0.39, 0.29) is 30.5 Å². The molecule has 0 aromatic heterocycles. The smallest absolute Gasteiger partial charge is 0.315 e. The number of fused-ring (bicyclic) bond motifs is 7. The molecule has 0 bridgehead atoms. The van der Waals surface area contributed by atoms with Crippen LogP contribution in [0.2, 0.25) is 0 Å². The summed E-state index contributed by atoms with van der Waals surface area (Å²) in [6, 6.07) is 0. The van der Waals surface area contributed by atoms with E-state index in [0.29, 0.717) is 64.2 Å². The first kappa shape index (κ1) is 80.4. The summed E-state index contributed by atoms with van der Waals surface area (Å²) in [6.07, 6.45) is -46.3. The molecule has 12 rings (SSSR count). The van der Waals surface area contributed by atoms with Crippen molar-refractivity contribution in [1.29, 1.82) is 0 Å². The lowest BCUT2D eigenvalue weighted by Gasteiger charge is -2.71. The second-order valence-electron chi connectivity index (χ2n) is 33.2. The van der Waals surface area contributed by atoms with Crippen molar-refractivity contribution in [3.05, 3.63) is 11.6 Å². The molecule has 0 unspecified atom stereocenters. The molecule has 34 nitrogen and oxygen atoms in total. The number of aliphatic hydroxyl groups excluding tert-OH is 19. The van der Waals surface area contributed by atoms with E-state index >= 15 is 4.79 Å². The van der Waals surface area contributed by atoms with Crippen LogP contribution >= 0.6 is 0 Å². The Bertz CT molecular complexity index is 2920. The molecule has 592 valence electrons. The number of hydrogen-bond donors (Lipinski definition) is 19. The highest BCUT2D eigenvalue weighted by Crippen LogP contribution is 2.76. The Labute approximate surface area is 596 Å². The topological polar surface area (TPSA) is 531 Å². The van der Waals surface area contributed by atoms with Crippen LogP contribution in [-0.4, -0.2) is 345 Å². The molecular weight excluding hydrogens is 1370 g/mol. The number of esters is 1. The van der Waals surface area contributed by atoms with Crippen LogP contribution < -0.4 is 0 Å². The van der Waals surface area contributed by atoms with E-state index in [9.17, 15) is 97.0 Å². The molecular formula is C69H112O34. The molecule has 0 radical (unpaired) electrons. The zero-order valence-electron chi connectivity index (χ0n) is 59.3. The molecule has 19 N–H and O–H groups in total. The van der Waals surface area contributed by atoms with Crippen molar-refractivity contribution >= 4 is 5.97 Å². The quantitative estimate of drug-likeness (QED) is 0.0367. The Hall–Kier alpha value is -2.07. The average molecular weight is 1490 g/mol. The number of allylic oxidation sites excluding steroid dienone is 2. The molecule has 41 atom stereocenters. The lowest BCUT2D eigenvalue weighted by atomic mass is 9.33. The van der Waals surface area contributed by atoms with Crippen molar-refractivity contribution in [3.63, 3.8) is 0 Å². The monoisotopic (exact) mass is 1480 g/mol. The Balaban J connectivity index is 0.765. The summed E-state index contributed by atoms with van der Waals surface area (Å²) in [5.41, 5.74) is -2.71. The highest BCUT2D eigenvalue weighted by molar-refractivity contribution is 5.79. The molecule has 4 saturated carbocycles. The fourth-order valence-corrected chi connectivity index (χ4v) is 19.9. The number of carbonyl (C=O) groups is 1. The molecule has 0 amide bonds. The SMILES string of the molecule is C[C@@H]1O[C@@H](O[C@H]2[C@H](O)[C@@H](O)[C@H](OC[C@H]3O[C@@H](OC(=O)[C@]45CCC(C)(C)C[C@H]4C4=CC[C@@H]6[C@@]7(C)CC[C@H](O[C@@H]8OC[C@H](O)[C@H](O)[C@H]8O[C@@H]8O[C@@H](C)[C@H](O)[C@@H](O[C@@H]9OC[C@@H](O)[C@H](O)[C@H]9O)[C@H]8O)[C@@](C)(CO)[C@@H]7CC[C@@]6(C)[C@]4(C)CC5)[C@H](O[C@@H]4OC[C@@H](O)[C@H](O)[C@H]4O)[C@@H](O)[C@@H]3O)O[C@@H]2CO)[C@H](O)[C@H](O)[C@H]1O. The Morgan fingerprint density at radius 1 is 0.466 bits per heavy atom. The van der Waals surface area contributed by atoms with E-state index in [2.05, 4.69) is 40.7 Å². The van der Waals surface area contributed by atoms with Gasteiger partial charge in [0, 0.05) is 5.41 Å². The first-order valence-electron chi connectivity index (χ1n) is 36.5. The van der Waals surface area contributed by atoms with Crippen molar-refractivity contribution in [2.45, 2.75) is 322 Å². The standard InChI is InChI=1S/C69H112O34/c1-26-38(75)44(81)49(86)59(94-26)99-52-33(20-70)96-56(50(87)46(52)83)93-24-34-43(80)45(82)55(101-58-48(85)41(78)31(73)22-91-58)62(97-34)103-63(89)69-17-15-64(3,4)19-29(69)28-9-10-36-65(5)13-12-37(66(6,25-71)35(65)11-14-68(36,8)67(28,7)16-18-69)98-61-54(42(79)32(74)23-92-61)102-60-51(88)53(39(76)27(2)95-60)100-57-47(84)40(77)30(72)21-90-57/h9,26-27,29-62,70-88H,10-25H2,1-8H3/t26-,27-,29-,30+,31+,32-,33+,34+,35+,36+,37-,38-,39-,40-,41-,42-,43+,44+,45-,46+,47+,48+,49+,50+,51+,52+,53+,54+,55+,56+,57-,58-,59-,60-,61-,62-,65-,66-,67+,68+,69-/m0/s1. The van der Waals surface area contributed by atoms with Crippen LogP contribution in [-0.2, 0) is 71.1 Å². The molecule has 7 aliphatic heterocycles. The third-order valence-corrected chi connectivity index (χ3v) is 26.6. The number of aliphatic hydroxyl groups is 19. The van der Waals surface area contributed by atoms with Crippen molar-refractivity contribution in [2.75, 3.05) is 39.6 Å². The van der Waals surface area contributed by atoms with Gasteiger partial charge in [0.25, 0.3) is 0 Å². The van der Waals surface area contributed by atoms with Gasteiger partial charge in [-0.2, -0.15) is 0 Å². The summed E-state index contributed by atoms with van der Waals surface area (Å²) >= 11 is 0. The normalized spacial score (nSPS) is 55.3.